The summed E-state index contributed by atoms with van der Waals surface area (Å²) in [7, 11) is 0. The van der Waals surface area contributed by atoms with Crippen molar-refractivity contribution in [3.63, 3.8) is 0 Å². The molecule has 0 aromatic heterocycles. The van der Waals surface area contributed by atoms with Gasteiger partial charge in [-0.05, 0) is 61.6 Å². The van der Waals surface area contributed by atoms with Crippen LogP contribution in [-0.2, 0) is 11.2 Å². The van der Waals surface area contributed by atoms with Crippen LogP contribution in [0.5, 0.6) is 5.75 Å². The minimum atomic E-state index is -0.274. The Morgan fingerprint density at radius 2 is 1.84 bits per heavy atom. The van der Waals surface area contributed by atoms with Crippen LogP contribution in [0.4, 0.5) is 4.79 Å². The van der Waals surface area contributed by atoms with Gasteiger partial charge in [-0.1, -0.05) is 44.4 Å². The van der Waals surface area contributed by atoms with E-state index in [1.54, 1.807) is 0 Å². The molecule has 0 spiro atoms. The number of hydrogen-bond donors (Lipinski definition) is 1. The average molecular weight is 362 g/mol. The number of benzene rings is 1. The van der Waals surface area contributed by atoms with Gasteiger partial charge in [0.2, 0.25) is 0 Å². The fraction of sp³-hybridized carbons (Fsp3) is 0.500. The van der Waals surface area contributed by atoms with Crippen LogP contribution in [0, 0.1) is 0 Å². The molecule has 0 saturated carbocycles. The van der Waals surface area contributed by atoms with Gasteiger partial charge in [-0.25, -0.2) is 0 Å². The van der Waals surface area contributed by atoms with Crippen LogP contribution in [0.3, 0.4) is 0 Å². The first-order valence-corrected chi connectivity index (χ1v) is 9.95. The van der Waals surface area contributed by atoms with Gasteiger partial charge < -0.3 is 4.74 Å². The van der Waals surface area contributed by atoms with Crippen molar-refractivity contribution >= 4 is 22.9 Å². The summed E-state index contributed by atoms with van der Waals surface area (Å²) < 4.78 is 5.75. The molecule has 0 radical (unpaired) electrons. The molecule has 1 N–H and O–H groups in total. The van der Waals surface area contributed by atoms with Gasteiger partial charge in [0.1, 0.15) is 5.75 Å². The first-order chi connectivity index (χ1) is 12.2. The molecule has 1 aliphatic rings. The lowest BCUT2D eigenvalue weighted by molar-refractivity contribution is -0.115. The van der Waals surface area contributed by atoms with Crippen molar-refractivity contribution in [2.75, 3.05) is 6.61 Å². The third kappa shape index (κ3) is 7.34. The molecular formula is C20H27NO3S. The lowest BCUT2D eigenvalue weighted by atomic mass is 10.1. The topological polar surface area (TPSA) is 55.4 Å². The van der Waals surface area contributed by atoms with E-state index < -0.39 is 0 Å². The third-order valence-corrected chi connectivity index (χ3v) is 4.94. The number of carbonyl (C=O) groups excluding carboxylic acids is 2. The monoisotopic (exact) mass is 361 g/mol. The highest BCUT2D eigenvalue weighted by molar-refractivity contribution is 8.18. The zero-order chi connectivity index (χ0) is 17.9. The number of aryl methyl sites for hydroxylation is 1. The molecule has 0 unspecified atom stereocenters. The molecule has 5 heteroatoms. The molecule has 25 heavy (non-hydrogen) atoms. The summed E-state index contributed by atoms with van der Waals surface area (Å²) in [5.41, 5.74) is 1.30. The lowest BCUT2D eigenvalue weighted by Gasteiger charge is -2.07. The summed E-state index contributed by atoms with van der Waals surface area (Å²) in [6.45, 7) is 3.00. The Balaban J connectivity index is 1.60. The van der Waals surface area contributed by atoms with Crippen LogP contribution in [0.2, 0.25) is 0 Å². The highest BCUT2D eigenvalue weighted by atomic mass is 32.2. The maximum absolute atomic E-state index is 11.4. The largest absolute Gasteiger partial charge is 0.494 e. The molecular weight excluding hydrogens is 334 g/mol. The lowest BCUT2D eigenvalue weighted by Crippen LogP contribution is -2.17. The number of ether oxygens (including phenoxy) is 1. The van der Waals surface area contributed by atoms with Crippen molar-refractivity contribution < 1.29 is 14.3 Å². The van der Waals surface area contributed by atoms with E-state index in [1.807, 2.05) is 18.2 Å². The van der Waals surface area contributed by atoms with Gasteiger partial charge in [-0.2, -0.15) is 0 Å². The highest BCUT2D eigenvalue weighted by Gasteiger charge is 2.24. The molecule has 1 heterocycles. The van der Waals surface area contributed by atoms with Gasteiger partial charge in [0.25, 0.3) is 11.1 Å². The third-order valence-electron chi connectivity index (χ3n) is 4.08. The molecule has 1 fully saturated rings. The number of rotatable bonds is 11. The minimum Gasteiger partial charge on any atom is -0.494 e. The van der Waals surface area contributed by atoms with Gasteiger partial charge in [-0.15, -0.1) is 0 Å². The zero-order valence-electron chi connectivity index (χ0n) is 14.9. The molecule has 0 aliphatic carbocycles. The Morgan fingerprint density at radius 1 is 1.04 bits per heavy atom. The Morgan fingerprint density at radius 3 is 2.52 bits per heavy atom. The second-order valence-corrected chi connectivity index (χ2v) is 7.23. The number of hydrogen-bond acceptors (Lipinski definition) is 4. The molecule has 1 aliphatic heterocycles. The molecule has 2 rings (SSSR count). The number of thioether (sulfide) groups is 1. The quantitative estimate of drug-likeness (QED) is 0.433. The maximum Gasteiger partial charge on any atom is 0.290 e. The first-order valence-electron chi connectivity index (χ1n) is 9.14. The van der Waals surface area contributed by atoms with Crippen molar-refractivity contribution in [1.29, 1.82) is 0 Å². The summed E-state index contributed by atoms with van der Waals surface area (Å²) in [4.78, 5) is 23.0. The van der Waals surface area contributed by atoms with Gasteiger partial charge in [-0.3, -0.25) is 14.9 Å². The molecule has 4 nitrogen and oxygen atoms in total. The highest BCUT2D eigenvalue weighted by Crippen LogP contribution is 2.24. The van der Waals surface area contributed by atoms with E-state index in [-0.39, 0.29) is 11.1 Å². The van der Waals surface area contributed by atoms with E-state index >= 15 is 0 Å². The summed E-state index contributed by atoms with van der Waals surface area (Å²) >= 11 is 0.988. The molecule has 1 saturated heterocycles. The fourth-order valence-electron chi connectivity index (χ4n) is 2.64. The zero-order valence-corrected chi connectivity index (χ0v) is 15.7. The number of nitrogens with one attached hydrogen (secondary N) is 1. The number of imide groups is 1. The predicted molar refractivity (Wildman–Crippen MR) is 103 cm³/mol. The summed E-state index contributed by atoms with van der Waals surface area (Å²) in [6.07, 6.45) is 10.6. The van der Waals surface area contributed by atoms with Gasteiger partial charge in [0.05, 0.1) is 11.5 Å². The molecule has 0 bridgehead atoms. The second-order valence-electron chi connectivity index (χ2n) is 6.21. The molecule has 1 aromatic carbocycles. The van der Waals surface area contributed by atoms with Crippen molar-refractivity contribution in [3.8, 4) is 5.75 Å². The molecule has 136 valence electrons. The smallest absolute Gasteiger partial charge is 0.290 e. The average Bonchev–Trinajstić information content (AvgIpc) is 2.93. The van der Waals surface area contributed by atoms with Crippen LogP contribution >= 0.6 is 11.8 Å². The van der Waals surface area contributed by atoms with Crippen molar-refractivity contribution in [1.82, 2.24) is 5.32 Å². The Labute approximate surface area is 154 Å². The van der Waals surface area contributed by atoms with E-state index in [0.29, 0.717) is 4.91 Å². The Hall–Kier alpha value is -1.75. The van der Waals surface area contributed by atoms with Crippen molar-refractivity contribution in [2.24, 2.45) is 0 Å². The Bertz CT molecular complexity index is 595. The maximum atomic E-state index is 11.4. The van der Waals surface area contributed by atoms with Gasteiger partial charge in [0.15, 0.2) is 0 Å². The molecule has 1 aromatic rings. The summed E-state index contributed by atoms with van der Waals surface area (Å²) in [5, 5.41) is 1.99. The van der Waals surface area contributed by atoms with E-state index in [0.717, 1.165) is 56.2 Å². The SMILES string of the molecule is CCCCCCOc1ccc(CCCCC=C2SC(=O)NC2=O)cc1. The van der Waals surface area contributed by atoms with Crippen LogP contribution in [-0.4, -0.2) is 17.8 Å². The number of allylic oxidation sites excluding steroid dienone is 1. The van der Waals surface area contributed by atoms with Crippen molar-refractivity contribution in [2.45, 2.75) is 58.3 Å². The van der Waals surface area contributed by atoms with E-state index in [1.165, 1.54) is 24.8 Å². The van der Waals surface area contributed by atoms with E-state index in [2.05, 4.69) is 24.4 Å². The first kappa shape index (κ1) is 19.6. The van der Waals surface area contributed by atoms with Gasteiger partial charge >= 0.3 is 0 Å². The van der Waals surface area contributed by atoms with Crippen molar-refractivity contribution in [3.05, 3.63) is 40.8 Å². The van der Waals surface area contributed by atoms with E-state index in [9.17, 15) is 9.59 Å². The minimum absolute atomic E-state index is 0.264. The number of amides is 2. The normalized spacial score (nSPS) is 15.6. The molecule has 0 atom stereocenters. The van der Waals surface area contributed by atoms with Crippen LogP contribution < -0.4 is 10.1 Å². The van der Waals surface area contributed by atoms with E-state index in [4.69, 9.17) is 4.74 Å². The standard InChI is InChI=1S/C20H27NO3S/c1-2-3-4-8-15-24-17-13-11-16(12-14-17)9-6-5-7-10-18-19(22)21-20(23)25-18/h10-14H,2-9,15H2,1H3,(H,21,22,23). The summed E-state index contributed by atoms with van der Waals surface area (Å²) in [5.74, 6) is 0.680. The van der Waals surface area contributed by atoms with Crippen LogP contribution in [0.25, 0.3) is 0 Å². The van der Waals surface area contributed by atoms with Gasteiger partial charge in [0, 0.05) is 0 Å². The summed E-state index contributed by atoms with van der Waals surface area (Å²) in [6, 6.07) is 8.34. The predicted octanol–water partition coefficient (Wildman–Crippen LogP) is 5.23. The Kier molecular flexibility index (Phi) is 8.60. The second kappa shape index (κ2) is 11.0. The number of unbranched alkanes of at least 4 members (excludes halogenated alkanes) is 5. The number of carbonyl (C=O) groups is 2. The fourth-order valence-corrected chi connectivity index (χ4v) is 3.33. The van der Waals surface area contributed by atoms with Crippen LogP contribution in [0.1, 0.15) is 57.4 Å². The molecule has 2 amide bonds. The van der Waals surface area contributed by atoms with Crippen LogP contribution in [0.15, 0.2) is 35.2 Å².